The van der Waals surface area contributed by atoms with Gasteiger partial charge in [-0.2, -0.15) is 5.26 Å². The lowest BCUT2D eigenvalue weighted by Crippen LogP contribution is -2.15. The Morgan fingerprint density at radius 2 is 2.26 bits per heavy atom. The Bertz CT molecular complexity index is 649. The zero-order valence-electron chi connectivity index (χ0n) is 11.4. The second kappa shape index (κ2) is 5.68. The van der Waals surface area contributed by atoms with E-state index in [2.05, 4.69) is 18.0 Å². The molecule has 0 fully saturated rings. The smallest absolute Gasteiger partial charge is 0.114 e. The van der Waals surface area contributed by atoms with E-state index >= 15 is 0 Å². The molecule has 0 saturated heterocycles. The van der Waals surface area contributed by atoms with Crippen molar-refractivity contribution < 1.29 is 4.74 Å². The standard InChI is InChI=1S/C15H17N3O/c1-4-15-17-12-7-5-6-8-14(12)18(15)13(9-10-16)11(2)19-3/h5-9,11H,4H2,1-3H3. The van der Waals surface area contributed by atoms with Gasteiger partial charge in [-0.25, -0.2) is 4.98 Å². The number of hydrogen-bond donors (Lipinski definition) is 0. The average Bonchev–Trinajstić information content (AvgIpc) is 2.82. The van der Waals surface area contributed by atoms with E-state index < -0.39 is 0 Å². The fourth-order valence-electron chi connectivity index (χ4n) is 2.15. The van der Waals surface area contributed by atoms with Crippen molar-refractivity contribution in [1.82, 2.24) is 9.55 Å². The minimum Gasteiger partial charge on any atom is -0.375 e. The summed E-state index contributed by atoms with van der Waals surface area (Å²) in [5, 5.41) is 9.00. The van der Waals surface area contributed by atoms with E-state index in [9.17, 15) is 0 Å². The van der Waals surface area contributed by atoms with Crippen molar-refractivity contribution in [1.29, 1.82) is 5.26 Å². The van der Waals surface area contributed by atoms with Crippen LogP contribution in [0.2, 0.25) is 0 Å². The summed E-state index contributed by atoms with van der Waals surface area (Å²) < 4.78 is 7.39. The van der Waals surface area contributed by atoms with Gasteiger partial charge in [0.15, 0.2) is 0 Å². The molecule has 0 spiro atoms. The van der Waals surface area contributed by atoms with Gasteiger partial charge in [-0.05, 0) is 19.1 Å². The molecule has 19 heavy (non-hydrogen) atoms. The summed E-state index contributed by atoms with van der Waals surface area (Å²) in [6.07, 6.45) is 2.16. The first-order valence-electron chi connectivity index (χ1n) is 6.32. The molecule has 98 valence electrons. The molecule has 1 aromatic heterocycles. The van der Waals surface area contributed by atoms with E-state index in [1.165, 1.54) is 6.08 Å². The third-order valence-corrected chi connectivity index (χ3v) is 3.19. The van der Waals surface area contributed by atoms with Crippen molar-refractivity contribution in [2.24, 2.45) is 0 Å². The number of allylic oxidation sites excluding steroid dienone is 1. The lowest BCUT2D eigenvalue weighted by molar-refractivity contribution is 0.159. The van der Waals surface area contributed by atoms with Crippen LogP contribution in [0.25, 0.3) is 16.7 Å². The Morgan fingerprint density at radius 3 is 2.89 bits per heavy atom. The van der Waals surface area contributed by atoms with Crippen LogP contribution in [-0.4, -0.2) is 22.8 Å². The fourth-order valence-corrected chi connectivity index (χ4v) is 2.15. The maximum absolute atomic E-state index is 9.00. The van der Waals surface area contributed by atoms with E-state index in [0.29, 0.717) is 0 Å². The molecule has 0 aliphatic rings. The molecule has 0 aliphatic carbocycles. The largest absolute Gasteiger partial charge is 0.375 e. The maximum atomic E-state index is 9.00. The molecule has 2 rings (SSSR count). The zero-order valence-corrected chi connectivity index (χ0v) is 11.4. The Morgan fingerprint density at radius 1 is 1.53 bits per heavy atom. The number of benzene rings is 1. The van der Waals surface area contributed by atoms with E-state index in [0.717, 1.165) is 29.0 Å². The first-order valence-corrected chi connectivity index (χ1v) is 6.32. The first kappa shape index (κ1) is 13.3. The monoisotopic (exact) mass is 255 g/mol. The van der Waals surface area contributed by atoms with E-state index in [-0.39, 0.29) is 6.10 Å². The predicted octanol–water partition coefficient (Wildman–Crippen LogP) is 3.00. The number of ether oxygens (including phenoxy) is 1. The highest BCUT2D eigenvalue weighted by Gasteiger charge is 2.17. The highest BCUT2D eigenvalue weighted by molar-refractivity contribution is 5.81. The van der Waals surface area contributed by atoms with Gasteiger partial charge >= 0.3 is 0 Å². The van der Waals surface area contributed by atoms with Crippen LogP contribution in [0.5, 0.6) is 0 Å². The van der Waals surface area contributed by atoms with Gasteiger partial charge in [0.2, 0.25) is 0 Å². The van der Waals surface area contributed by atoms with Crippen molar-refractivity contribution in [3.8, 4) is 6.07 Å². The van der Waals surface area contributed by atoms with Crippen LogP contribution in [0.1, 0.15) is 19.7 Å². The third-order valence-electron chi connectivity index (χ3n) is 3.19. The topological polar surface area (TPSA) is 50.8 Å². The number of aromatic nitrogens is 2. The molecule has 0 radical (unpaired) electrons. The summed E-state index contributed by atoms with van der Waals surface area (Å²) in [7, 11) is 1.64. The van der Waals surface area contributed by atoms with Gasteiger partial charge in [-0.1, -0.05) is 19.1 Å². The fraction of sp³-hybridized carbons (Fsp3) is 0.333. The van der Waals surface area contributed by atoms with Crippen molar-refractivity contribution in [2.45, 2.75) is 26.4 Å². The number of para-hydroxylation sites is 2. The van der Waals surface area contributed by atoms with Crippen LogP contribution in [-0.2, 0) is 11.2 Å². The normalized spacial score (nSPS) is 13.5. The van der Waals surface area contributed by atoms with Crippen molar-refractivity contribution in [3.63, 3.8) is 0 Å². The van der Waals surface area contributed by atoms with E-state index in [4.69, 9.17) is 10.00 Å². The number of nitriles is 1. The van der Waals surface area contributed by atoms with Crippen LogP contribution in [0.4, 0.5) is 0 Å². The minimum absolute atomic E-state index is 0.164. The number of aryl methyl sites for hydroxylation is 1. The number of rotatable bonds is 4. The first-order chi connectivity index (χ1) is 9.22. The van der Waals surface area contributed by atoms with E-state index in [1.807, 2.05) is 35.8 Å². The lowest BCUT2D eigenvalue weighted by atomic mass is 10.2. The van der Waals surface area contributed by atoms with Gasteiger partial charge in [0.1, 0.15) is 5.82 Å². The Hall–Kier alpha value is -2.12. The minimum atomic E-state index is -0.164. The van der Waals surface area contributed by atoms with Gasteiger partial charge < -0.3 is 4.74 Å². The maximum Gasteiger partial charge on any atom is 0.114 e. The Balaban J connectivity index is 2.71. The van der Waals surface area contributed by atoms with Gasteiger partial charge in [-0.3, -0.25) is 4.57 Å². The molecule has 1 unspecified atom stereocenters. The second-order valence-corrected chi connectivity index (χ2v) is 4.28. The Labute approximate surface area is 112 Å². The number of imidazole rings is 1. The quantitative estimate of drug-likeness (QED) is 0.789. The number of fused-ring (bicyclic) bond motifs is 1. The summed E-state index contributed by atoms with van der Waals surface area (Å²) in [5.41, 5.74) is 2.76. The summed E-state index contributed by atoms with van der Waals surface area (Å²) >= 11 is 0. The summed E-state index contributed by atoms with van der Waals surface area (Å²) in [5.74, 6) is 0.937. The highest BCUT2D eigenvalue weighted by Crippen LogP contribution is 2.24. The van der Waals surface area contributed by atoms with Crippen LogP contribution < -0.4 is 0 Å². The van der Waals surface area contributed by atoms with E-state index in [1.54, 1.807) is 7.11 Å². The molecule has 1 atom stereocenters. The summed E-state index contributed by atoms with van der Waals surface area (Å²) in [6, 6.07) is 10.0. The molecule has 4 nitrogen and oxygen atoms in total. The van der Waals surface area contributed by atoms with Crippen LogP contribution in [0, 0.1) is 11.3 Å². The van der Waals surface area contributed by atoms with Crippen molar-refractivity contribution >= 4 is 16.7 Å². The van der Waals surface area contributed by atoms with Gasteiger partial charge in [0.25, 0.3) is 0 Å². The Kier molecular flexibility index (Phi) is 3.98. The van der Waals surface area contributed by atoms with Gasteiger partial charge in [0.05, 0.1) is 28.9 Å². The summed E-state index contributed by atoms with van der Waals surface area (Å²) in [6.45, 7) is 3.98. The number of nitrogens with zero attached hydrogens (tertiary/aromatic N) is 3. The van der Waals surface area contributed by atoms with Crippen LogP contribution in [0.3, 0.4) is 0 Å². The molecule has 0 saturated carbocycles. The average molecular weight is 255 g/mol. The van der Waals surface area contributed by atoms with Crippen molar-refractivity contribution in [2.75, 3.05) is 7.11 Å². The number of hydrogen-bond acceptors (Lipinski definition) is 3. The van der Waals surface area contributed by atoms with Gasteiger partial charge in [0, 0.05) is 19.6 Å². The van der Waals surface area contributed by atoms with Crippen LogP contribution in [0.15, 0.2) is 30.3 Å². The predicted molar refractivity (Wildman–Crippen MR) is 75.5 cm³/mol. The lowest BCUT2D eigenvalue weighted by Gasteiger charge is -2.17. The molecule has 1 heterocycles. The van der Waals surface area contributed by atoms with Gasteiger partial charge in [-0.15, -0.1) is 0 Å². The molecule has 2 aromatic rings. The molecule has 0 N–H and O–H groups in total. The SMILES string of the molecule is CCc1nc2ccccc2n1C(=CC#N)C(C)OC. The highest BCUT2D eigenvalue weighted by atomic mass is 16.5. The molecule has 0 amide bonds. The molecule has 0 bridgehead atoms. The second-order valence-electron chi connectivity index (χ2n) is 4.28. The molecule has 0 aliphatic heterocycles. The molecule has 1 aromatic carbocycles. The molecular weight excluding hydrogens is 238 g/mol. The molecular formula is C15H17N3O. The van der Waals surface area contributed by atoms with Crippen molar-refractivity contribution in [3.05, 3.63) is 36.2 Å². The zero-order chi connectivity index (χ0) is 13.8. The van der Waals surface area contributed by atoms with Crippen LogP contribution >= 0.6 is 0 Å². The summed E-state index contributed by atoms with van der Waals surface area (Å²) in [4.78, 5) is 4.61. The molecule has 4 heteroatoms. The third kappa shape index (κ3) is 2.38. The number of methoxy groups -OCH3 is 1.